The number of hydrogen-bond donors (Lipinski definition) is 0. The van der Waals surface area contributed by atoms with Crippen molar-refractivity contribution < 1.29 is 14.3 Å². The summed E-state index contributed by atoms with van der Waals surface area (Å²) in [5.41, 5.74) is 2.10. The molecule has 2 aromatic carbocycles. The van der Waals surface area contributed by atoms with Crippen molar-refractivity contribution in [2.24, 2.45) is 0 Å². The minimum absolute atomic E-state index is 0.0180. The van der Waals surface area contributed by atoms with Gasteiger partial charge in [-0.15, -0.1) is 0 Å². The number of Topliss-reactive ketones (excluding diaryl/α,β-unsaturated/α-hetero) is 1. The molecule has 25 heavy (non-hydrogen) atoms. The Labute approximate surface area is 145 Å². The van der Waals surface area contributed by atoms with E-state index in [4.69, 9.17) is 4.74 Å². The van der Waals surface area contributed by atoms with Crippen LogP contribution in [0, 0.1) is 0 Å². The van der Waals surface area contributed by atoms with Gasteiger partial charge in [0.1, 0.15) is 6.61 Å². The van der Waals surface area contributed by atoms with Crippen LogP contribution in [0.25, 0.3) is 10.9 Å². The van der Waals surface area contributed by atoms with Gasteiger partial charge in [0.25, 0.3) is 0 Å². The van der Waals surface area contributed by atoms with Crippen LogP contribution in [-0.4, -0.2) is 16.7 Å². The van der Waals surface area contributed by atoms with Crippen molar-refractivity contribution in [1.29, 1.82) is 0 Å². The van der Waals surface area contributed by atoms with E-state index in [9.17, 15) is 9.59 Å². The third-order valence-corrected chi connectivity index (χ3v) is 3.79. The first kappa shape index (κ1) is 16.6. The number of rotatable bonds is 6. The zero-order valence-corrected chi connectivity index (χ0v) is 13.6. The highest BCUT2D eigenvalue weighted by Gasteiger charge is 2.18. The van der Waals surface area contributed by atoms with Crippen LogP contribution in [0.5, 0.6) is 0 Å². The maximum Gasteiger partial charge on any atom is 0.341 e. The molecule has 0 atom stereocenters. The molecule has 3 aromatic rings. The number of pyridine rings is 1. The number of esters is 1. The number of benzene rings is 2. The Morgan fingerprint density at radius 2 is 1.64 bits per heavy atom. The largest absolute Gasteiger partial charge is 0.457 e. The van der Waals surface area contributed by atoms with Gasteiger partial charge in [-0.3, -0.25) is 9.78 Å². The lowest BCUT2D eigenvalue weighted by molar-refractivity contribution is -0.141. The molecule has 0 aliphatic heterocycles. The normalized spacial score (nSPS) is 10.4. The summed E-state index contributed by atoms with van der Waals surface area (Å²) in [6.07, 6.45) is 0.0180. The van der Waals surface area contributed by atoms with Gasteiger partial charge in [-0.25, -0.2) is 4.79 Å². The van der Waals surface area contributed by atoms with E-state index in [1.54, 1.807) is 6.07 Å². The smallest absolute Gasteiger partial charge is 0.341 e. The average Bonchev–Trinajstić information content (AvgIpc) is 2.66. The number of fused-ring (bicyclic) bond motifs is 1. The lowest BCUT2D eigenvalue weighted by Gasteiger charge is -2.07. The zero-order valence-electron chi connectivity index (χ0n) is 13.6. The number of nitrogens with zero attached hydrogens (tertiary/aromatic N) is 1. The topological polar surface area (TPSA) is 56.3 Å². The highest BCUT2D eigenvalue weighted by atomic mass is 16.5. The Morgan fingerprint density at radius 1 is 0.920 bits per heavy atom. The van der Waals surface area contributed by atoms with Crippen LogP contribution in [0.3, 0.4) is 0 Å². The summed E-state index contributed by atoms with van der Waals surface area (Å²) in [6, 6.07) is 20.6. The summed E-state index contributed by atoms with van der Waals surface area (Å²) >= 11 is 0. The fraction of sp³-hybridized carbons (Fsp3) is 0.0952. The predicted molar refractivity (Wildman–Crippen MR) is 95.8 cm³/mol. The van der Waals surface area contributed by atoms with Gasteiger partial charge in [-0.1, -0.05) is 61.2 Å². The first-order valence-electron chi connectivity index (χ1n) is 7.91. The standard InChI is InChI=1S/C21H17NO3/c1-15(21(24)25-14-16-7-3-2-4-8-16)20(23)13-18-12-11-17-9-5-6-10-19(17)22-18/h2-12H,1,13-14H2. The van der Waals surface area contributed by atoms with E-state index in [-0.39, 0.29) is 24.4 Å². The molecule has 0 fully saturated rings. The minimum atomic E-state index is -0.699. The van der Waals surface area contributed by atoms with Gasteiger partial charge < -0.3 is 4.74 Å². The van der Waals surface area contributed by atoms with Gasteiger partial charge >= 0.3 is 5.97 Å². The summed E-state index contributed by atoms with van der Waals surface area (Å²) in [5, 5.41) is 1.000. The van der Waals surface area contributed by atoms with Crippen LogP contribution in [0.2, 0.25) is 0 Å². The van der Waals surface area contributed by atoms with Crippen LogP contribution in [0.1, 0.15) is 11.3 Å². The molecule has 3 rings (SSSR count). The van der Waals surface area contributed by atoms with Crippen LogP contribution in [-0.2, 0) is 27.4 Å². The maximum atomic E-state index is 12.3. The second kappa shape index (κ2) is 7.53. The Bertz CT molecular complexity index is 932. The second-order valence-corrected chi connectivity index (χ2v) is 5.64. The van der Waals surface area contributed by atoms with E-state index in [2.05, 4.69) is 11.6 Å². The third-order valence-electron chi connectivity index (χ3n) is 3.79. The second-order valence-electron chi connectivity index (χ2n) is 5.64. The molecule has 0 radical (unpaired) electrons. The number of aromatic nitrogens is 1. The van der Waals surface area contributed by atoms with Crippen molar-refractivity contribution in [2.75, 3.05) is 0 Å². The monoisotopic (exact) mass is 331 g/mol. The molecule has 0 amide bonds. The molecular weight excluding hydrogens is 314 g/mol. The number of carbonyl (C=O) groups is 2. The molecule has 0 unspecified atom stereocenters. The molecule has 1 heterocycles. The Kier molecular flexibility index (Phi) is 5.00. The molecule has 0 bridgehead atoms. The average molecular weight is 331 g/mol. The first-order valence-corrected chi connectivity index (χ1v) is 7.91. The van der Waals surface area contributed by atoms with Gasteiger partial charge in [-0.2, -0.15) is 0 Å². The first-order chi connectivity index (χ1) is 12.1. The number of hydrogen-bond acceptors (Lipinski definition) is 4. The molecule has 4 nitrogen and oxygen atoms in total. The maximum absolute atomic E-state index is 12.3. The Balaban J connectivity index is 1.61. The summed E-state index contributed by atoms with van der Waals surface area (Å²) in [6.45, 7) is 3.68. The molecule has 0 spiro atoms. The number of carbonyl (C=O) groups excluding carboxylic acids is 2. The molecular formula is C21H17NO3. The fourth-order valence-electron chi connectivity index (χ4n) is 2.40. The van der Waals surface area contributed by atoms with Gasteiger partial charge in [0.2, 0.25) is 0 Å². The van der Waals surface area contributed by atoms with Crippen molar-refractivity contribution in [1.82, 2.24) is 4.98 Å². The van der Waals surface area contributed by atoms with Crippen LogP contribution < -0.4 is 0 Å². The van der Waals surface area contributed by atoms with Crippen molar-refractivity contribution >= 4 is 22.7 Å². The summed E-state index contributed by atoms with van der Waals surface area (Å²) < 4.78 is 5.14. The SMILES string of the molecule is C=C(C(=O)Cc1ccc2ccccc2n1)C(=O)OCc1ccccc1. The van der Waals surface area contributed by atoms with Crippen molar-refractivity contribution in [2.45, 2.75) is 13.0 Å². The fourth-order valence-corrected chi connectivity index (χ4v) is 2.40. The van der Waals surface area contributed by atoms with Gasteiger partial charge in [0.05, 0.1) is 17.5 Å². The van der Waals surface area contributed by atoms with E-state index in [1.165, 1.54) is 0 Å². The molecule has 0 aliphatic carbocycles. The van der Waals surface area contributed by atoms with Crippen molar-refractivity contribution in [3.8, 4) is 0 Å². The third kappa shape index (κ3) is 4.18. The highest BCUT2D eigenvalue weighted by Crippen LogP contribution is 2.13. The molecule has 124 valence electrons. The predicted octanol–water partition coefficient (Wildman–Crippen LogP) is 3.65. The van der Waals surface area contributed by atoms with Gasteiger partial charge in [0, 0.05) is 11.1 Å². The Morgan fingerprint density at radius 3 is 2.44 bits per heavy atom. The molecule has 0 saturated carbocycles. The molecule has 0 N–H and O–H groups in total. The quantitative estimate of drug-likeness (QED) is 0.299. The van der Waals surface area contributed by atoms with E-state index >= 15 is 0 Å². The summed E-state index contributed by atoms with van der Waals surface area (Å²) in [4.78, 5) is 28.7. The van der Waals surface area contributed by atoms with Gasteiger partial charge in [0.15, 0.2) is 5.78 Å². The van der Waals surface area contributed by atoms with Crippen LogP contribution in [0.15, 0.2) is 78.9 Å². The van der Waals surface area contributed by atoms with Gasteiger partial charge in [-0.05, 0) is 17.7 Å². The van der Waals surface area contributed by atoms with Crippen LogP contribution >= 0.6 is 0 Å². The molecule has 1 aromatic heterocycles. The van der Waals surface area contributed by atoms with Crippen LogP contribution in [0.4, 0.5) is 0 Å². The van der Waals surface area contributed by atoms with Crippen molar-refractivity contribution in [3.63, 3.8) is 0 Å². The zero-order chi connectivity index (χ0) is 17.6. The van der Waals surface area contributed by atoms with E-state index in [0.717, 1.165) is 16.5 Å². The van der Waals surface area contributed by atoms with Crippen molar-refractivity contribution in [3.05, 3.63) is 90.1 Å². The lowest BCUT2D eigenvalue weighted by atomic mass is 10.1. The summed E-state index contributed by atoms with van der Waals surface area (Å²) in [5.74, 6) is -1.09. The number of ether oxygens (including phenoxy) is 1. The minimum Gasteiger partial charge on any atom is -0.457 e. The molecule has 0 aliphatic rings. The molecule has 0 saturated heterocycles. The van der Waals surface area contributed by atoms with E-state index < -0.39 is 5.97 Å². The Hall–Kier alpha value is -3.27. The van der Waals surface area contributed by atoms with E-state index in [0.29, 0.717) is 5.69 Å². The number of para-hydroxylation sites is 1. The summed E-state index contributed by atoms with van der Waals surface area (Å²) in [7, 11) is 0. The lowest BCUT2D eigenvalue weighted by Crippen LogP contribution is -2.17. The van der Waals surface area contributed by atoms with E-state index in [1.807, 2.05) is 60.7 Å². The number of ketones is 1. The highest BCUT2D eigenvalue weighted by molar-refractivity contribution is 6.17. The molecule has 4 heteroatoms.